The van der Waals surface area contributed by atoms with E-state index in [1.807, 2.05) is 0 Å². The molecule has 8 nitrogen and oxygen atoms in total. The standard InChI is InChI=1S/C21H19Cl2N3O5/c1-4-29-17(27)6-5-9-30-21-14(11-24-26(21)3)20(28)13-7-8-15(22)18(19(13)23)16-10-12(2)25-31-16/h5-8,10-11H,4,9H2,1-3H3. The first-order chi connectivity index (χ1) is 14.8. The molecular weight excluding hydrogens is 445 g/mol. The number of carbonyl (C=O) groups is 2. The van der Waals surface area contributed by atoms with Crippen LogP contribution < -0.4 is 4.74 Å². The van der Waals surface area contributed by atoms with Crippen molar-refractivity contribution in [2.45, 2.75) is 13.8 Å². The molecule has 1 aromatic carbocycles. The highest BCUT2D eigenvalue weighted by Gasteiger charge is 2.25. The second-order valence-corrected chi connectivity index (χ2v) is 7.18. The highest BCUT2D eigenvalue weighted by molar-refractivity contribution is 6.41. The van der Waals surface area contributed by atoms with Crippen molar-refractivity contribution in [1.29, 1.82) is 0 Å². The van der Waals surface area contributed by atoms with Crippen molar-refractivity contribution in [3.63, 3.8) is 0 Å². The molecule has 0 N–H and O–H groups in total. The first-order valence-corrected chi connectivity index (χ1v) is 10.0. The number of esters is 1. The summed E-state index contributed by atoms with van der Waals surface area (Å²) in [4.78, 5) is 24.6. The van der Waals surface area contributed by atoms with Gasteiger partial charge < -0.3 is 14.0 Å². The molecular formula is C21H19Cl2N3O5. The molecule has 0 bridgehead atoms. The Morgan fingerprint density at radius 2 is 2.03 bits per heavy atom. The van der Waals surface area contributed by atoms with Gasteiger partial charge in [-0.1, -0.05) is 28.4 Å². The van der Waals surface area contributed by atoms with E-state index >= 15 is 0 Å². The average molecular weight is 464 g/mol. The quantitative estimate of drug-likeness (QED) is 0.277. The SMILES string of the molecule is CCOC(=O)C=CCOc1c(C(=O)c2ccc(Cl)c(-c3cc(C)no3)c2Cl)cnn1C. The normalized spacial score (nSPS) is 11.1. The number of carbonyl (C=O) groups excluding carboxylic acids is 2. The second kappa shape index (κ2) is 9.80. The van der Waals surface area contributed by atoms with Crippen LogP contribution in [0.4, 0.5) is 0 Å². The van der Waals surface area contributed by atoms with Gasteiger partial charge in [0.2, 0.25) is 11.7 Å². The predicted molar refractivity (Wildman–Crippen MR) is 115 cm³/mol. The van der Waals surface area contributed by atoms with Crippen LogP contribution in [0.15, 0.2) is 41.1 Å². The maximum Gasteiger partial charge on any atom is 0.330 e. The van der Waals surface area contributed by atoms with E-state index in [9.17, 15) is 9.59 Å². The van der Waals surface area contributed by atoms with Gasteiger partial charge in [-0.3, -0.25) is 4.79 Å². The Kier molecular flexibility index (Phi) is 7.14. The van der Waals surface area contributed by atoms with Crippen LogP contribution in [-0.4, -0.2) is 39.9 Å². The molecule has 0 aliphatic rings. The van der Waals surface area contributed by atoms with Crippen molar-refractivity contribution in [3.8, 4) is 17.2 Å². The summed E-state index contributed by atoms with van der Waals surface area (Å²) < 4.78 is 17.1. The molecule has 2 heterocycles. The van der Waals surface area contributed by atoms with Crippen LogP contribution in [0.1, 0.15) is 28.5 Å². The van der Waals surface area contributed by atoms with Crippen LogP contribution in [0, 0.1) is 6.92 Å². The molecule has 3 aromatic rings. The van der Waals surface area contributed by atoms with Gasteiger partial charge in [0, 0.05) is 24.8 Å². The van der Waals surface area contributed by atoms with E-state index in [1.54, 1.807) is 33.0 Å². The molecule has 3 rings (SSSR count). The van der Waals surface area contributed by atoms with Gasteiger partial charge in [0.05, 0.1) is 34.1 Å². The Labute approximate surface area is 188 Å². The Balaban J connectivity index is 1.88. The molecule has 162 valence electrons. The van der Waals surface area contributed by atoms with Gasteiger partial charge >= 0.3 is 5.97 Å². The molecule has 0 amide bonds. The maximum atomic E-state index is 13.2. The fourth-order valence-corrected chi connectivity index (χ4v) is 3.44. The minimum Gasteiger partial charge on any atom is -0.473 e. The lowest BCUT2D eigenvalue weighted by molar-refractivity contribution is -0.137. The summed E-state index contributed by atoms with van der Waals surface area (Å²) in [6, 6.07) is 4.76. The zero-order valence-electron chi connectivity index (χ0n) is 17.0. The number of ketones is 1. The van der Waals surface area contributed by atoms with Gasteiger partial charge in [0.1, 0.15) is 12.2 Å². The molecule has 10 heteroatoms. The largest absolute Gasteiger partial charge is 0.473 e. The predicted octanol–water partition coefficient (Wildman–Crippen LogP) is 4.42. The number of benzene rings is 1. The molecule has 0 spiro atoms. The average Bonchev–Trinajstić information content (AvgIpc) is 3.31. The Hall–Kier alpha value is -3.10. The summed E-state index contributed by atoms with van der Waals surface area (Å²) in [5.74, 6) is -0.303. The van der Waals surface area contributed by atoms with Gasteiger partial charge in [-0.15, -0.1) is 0 Å². The molecule has 0 radical (unpaired) electrons. The van der Waals surface area contributed by atoms with Gasteiger partial charge in [0.25, 0.3) is 0 Å². The van der Waals surface area contributed by atoms with Gasteiger partial charge in [-0.25, -0.2) is 9.48 Å². The van der Waals surface area contributed by atoms with Crippen molar-refractivity contribution in [3.05, 3.63) is 63.4 Å². The number of hydrogen-bond acceptors (Lipinski definition) is 7. The van der Waals surface area contributed by atoms with Gasteiger partial charge in [-0.05, 0) is 32.1 Å². The van der Waals surface area contributed by atoms with E-state index in [0.29, 0.717) is 22.0 Å². The van der Waals surface area contributed by atoms with Crippen LogP contribution in [-0.2, 0) is 16.6 Å². The van der Waals surface area contributed by atoms with Crippen LogP contribution in [0.5, 0.6) is 5.88 Å². The lowest BCUT2D eigenvalue weighted by atomic mass is 10.0. The highest BCUT2D eigenvalue weighted by Crippen LogP contribution is 2.38. The molecule has 0 saturated carbocycles. The van der Waals surface area contributed by atoms with Crippen molar-refractivity contribution < 1.29 is 23.6 Å². The first-order valence-electron chi connectivity index (χ1n) is 9.28. The van der Waals surface area contributed by atoms with E-state index in [0.717, 1.165) is 0 Å². The summed E-state index contributed by atoms with van der Waals surface area (Å²) in [5.41, 5.74) is 1.43. The molecule has 31 heavy (non-hydrogen) atoms. The topological polar surface area (TPSA) is 96.5 Å². The number of aromatic nitrogens is 3. The van der Waals surface area contributed by atoms with Crippen LogP contribution >= 0.6 is 23.2 Å². The van der Waals surface area contributed by atoms with Crippen molar-refractivity contribution in [1.82, 2.24) is 14.9 Å². The zero-order chi connectivity index (χ0) is 22.5. The van der Waals surface area contributed by atoms with Crippen LogP contribution in [0.2, 0.25) is 10.0 Å². The molecule has 2 aromatic heterocycles. The lowest BCUT2D eigenvalue weighted by Gasteiger charge is -2.10. The third-order valence-corrected chi connectivity index (χ3v) is 4.90. The van der Waals surface area contributed by atoms with Crippen molar-refractivity contribution in [2.75, 3.05) is 13.2 Å². The number of aryl methyl sites for hydroxylation is 2. The third kappa shape index (κ3) is 4.98. The van der Waals surface area contributed by atoms with E-state index in [1.165, 1.54) is 29.1 Å². The Morgan fingerprint density at radius 1 is 1.26 bits per heavy atom. The minimum absolute atomic E-state index is 0.0373. The fourth-order valence-electron chi connectivity index (χ4n) is 2.80. The summed E-state index contributed by atoms with van der Waals surface area (Å²) in [5, 5.41) is 8.39. The number of hydrogen-bond donors (Lipinski definition) is 0. The van der Waals surface area contributed by atoms with Crippen LogP contribution in [0.25, 0.3) is 11.3 Å². The Bertz CT molecular complexity index is 1150. The summed E-state index contributed by atoms with van der Waals surface area (Å²) in [7, 11) is 1.63. The van der Waals surface area contributed by atoms with E-state index < -0.39 is 11.8 Å². The highest BCUT2D eigenvalue weighted by atomic mass is 35.5. The van der Waals surface area contributed by atoms with Crippen molar-refractivity contribution >= 4 is 35.0 Å². The number of halogens is 2. The van der Waals surface area contributed by atoms with Gasteiger partial charge in [0.15, 0.2) is 5.76 Å². The molecule has 0 atom stereocenters. The second-order valence-electron chi connectivity index (χ2n) is 6.40. The van der Waals surface area contributed by atoms with Gasteiger partial charge in [-0.2, -0.15) is 5.10 Å². The van der Waals surface area contributed by atoms with Crippen LogP contribution in [0.3, 0.4) is 0 Å². The summed E-state index contributed by atoms with van der Waals surface area (Å²) in [6.07, 6.45) is 4.12. The Morgan fingerprint density at radius 3 is 2.71 bits per heavy atom. The first kappa shape index (κ1) is 22.6. The minimum atomic E-state index is -0.476. The van der Waals surface area contributed by atoms with Crippen molar-refractivity contribution in [2.24, 2.45) is 7.05 Å². The van der Waals surface area contributed by atoms with E-state index in [-0.39, 0.29) is 35.2 Å². The number of ether oxygens (including phenoxy) is 2. The molecule has 0 fully saturated rings. The molecule has 0 saturated heterocycles. The summed E-state index contributed by atoms with van der Waals surface area (Å²) in [6.45, 7) is 3.80. The van der Waals surface area contributed by atoms with E-state index in [4.69, 9.17) is 37.2 Å². The monoisotopic (exact) mass is 463 g/mol. The fraction of sp³-hybridized carbons (Fsp3) is 0.238. The maximum absolute atomic E-state index is 13.2. The lowest BCUT2D eigenvalue weighted by Crippen LogP contribution is -2.08. The molecule has 0 unspecified atom stereocenters. The number of rotatable bonds is 8. The smallest absolute Gasteiger partial charge is 0.330 e. The summed E-state index contributed by atoms with van der Waals surface area (Å²) >= 11 is 12.8. The molecule has 0 aliphatic carbocycles. The zero-order valence-corrected chi connectivity index (χ0v) is 18.5. The van der Waals surface area contributed by atoms with E-state index in [2.05, 4.69) is 10.3 Å². The third-order valence-electron chi connectivity index (χ3n) is 4.20. The molecule has 0 aliphatic heterocycles. The number of nitrogens with zero attached hydrogens (tertiary/aromatic N) is 3.